The van der Waals surface area contributed by atoms with Gasteiger partial charge in [-0.05, 0) is 35.9 Å². The number of benzene rings is 2. The van der Waals surface area contributed by atoms with Crippen molar-refractivity contribution in [1.29, 1.82) is 0 Å². The van der Waals surface area contributed by atoms with E-state index in [9.17, 15) is 18.0 Å². The lowest BCUT2D eigenvalue weighted by atomic mass is 10.1. The molecule has 0 aliphatic carbocycles. The number of rotatable bonds is 3. The monoisotopic (exact) mass is 347 g/mol. The highest BCUT2D eigenvalue weighted by molar-refractivity contribution is 6.42. The summed E-state index contributed by atoms with van der Waals surface area (Å²) in [6.07, 6.45) is -4.43. The van der Waals surface area contributed by atoms with E-state index < -0.39 is 11.7 Å². The largest absolute Gasteiger partial charge is 0.416 e. The molecule has 2 nitrogen and oxygen atoms in total. The van der Waals surface area contributed by atoms with E-state index in [0.29, 0.717) is 21.3 Å². The third-order valence-electron chi connectivity index (χ3n) is 2.85. The van der Waals surface area contributed by atoms with E-state index in [1.165, 1.54) is 24.3 Å². The molecule has 7 heteroatoms. The van der Waals surface area contributed by atoms with E-state index in [1.807, 2.05) is 0 Å². The Morgan fingerprint density at radius 3 is 2.18 bits per heavy atom. The highest BCUT2D eigenvalue weighted by Crippen LogP contribution is 2.29. The average molecular weight is 348 g/mol. The van der Waals surface area contributed by atoms with Gasteiger partial charge in [0.15, 0.2) is 0 Å². The van der Waals surface area contributed by atoms with Crippen molar-refractivity contribution in [2.45, 2.75) is 12.6 Å². The van der Waals surface area contributed by atoms with Gasteiger partial charge in [0.25, 0.3) is 0 Å². The summed E-state index contributed by atoms with van der Waals surface area (Å²) in [6, 6.07) is 9.06. The second-order valence-corrected chi connectivity index (χ2v) is 5.36. The van der Waals surface area contributed by atoms with Crippen LogP contribution in [0, 0.1) is 0 Å². The van der Waals surface area contributed by atoms with Gasteiger partial charge in [-0.3, -0.25) is 4.79 Å². The molecule has 0 atom stereocenters. The van der Waals surface area contributed by atoms with Crippen LogP contribution in [-0.2, 0) is 17.4 Å². The minimum Gasteiger partial charge on any atom is -0.326 e. The van der Waals surface area contributed by atoms with Crippen molar-refractivity contribution in [2.75, 3.05) is 5.32 Å². The first-order chi connectivity index (χ1) is 10.3. The maximum Gasteiger partial charge on any atom is 0.416 e. The fourth-order valence-corrected chi connectivity index (χ4v) is 2.07. The molecule has 0 aromatic heterocycles. The first-order valence-corrected chi connectivity index (χ1v) is 6.92. The summed E-state index contributed by atoms with van der Waals surface area (Å²) < 4.78 is 37.3. The van der Waals surface area contributed by atoms with E-state index in [4.69, 9.17) is 23.2 Å². The molecule has 0 heterocycles. The SMILES string of the molecule is O=C(Cc1ccc(C(F)(F)F)cc1)Nc1ccc(Cl)c(Cl)c1. The van der Waals surface area contributed by atoms with Crippen molar-refractivity contribution in [3.8, 4) is 0 Å². The normalized spacial score (nSPS) is 11.3. The Morgan fingerprint density at radius 2 is 1.64 bits per heavy atom. The third kappa shape index (κ3) is 4.39. The number of nitrogens with one attached hydrogen (secondary N) is 1. The molecule has 22 heavy (non-hydrogen) atoms. The van der Waals surface area contributed by atoms with Gasteiger partial charge in [0.05, 0.1) is 22.0 Å². The van der Waals surface area contributed by atoms with Crippen LogP contribution < -0.4 is 5.32 Å². The average Bonchev–Trinajstić information content (AvgIpc) is 2.42. The van der Waals surface area contributed by atoms with Crippen LogP contribution in [0.4, 0.5) is 18.9 Å². The van der Waals surface area contributed by atoms with Gasteiger partial charge in [0, 0.05) is 5.69 Å². The molecule has 0 bridgehead atoms. The number of halogens is 5. The van der Waals surface area contributed by atoms with Crippen LogP contribution in [0.5, 0.6) is 0 Å². The van der Waals surface area contributed by atoms with Crippen LogP contribution in [0.1, 0.15) is 11.1 Å². The fraction of sp³-hybridized carbons (Fsp3) is 0.133. The molecule has 0 spiro atoms. The number of hydrogen-bond acceptors (Lipinski definition) is 1. The summed E-state index contributed by atoms with van der Waals surface area (Å²) >= 11 is 11.6. The summed E-state index contributed by atoms with van der Waals surface area (Å²) in [5.74, 6) is -0.363. The van der Waals surface area contributed by atoms with Crippen molar-refractivity contribution in [1.82, 2.24) is 0 Å². The van der Waals surface area contributed by atoms with E-state index in [1.54, 1.807) is 6.07 Å². The lowest BCUT2D eigenvalue weighted by molar-refractivity contribution is -0.137. The standard InChI is InChI=1S/C15H10Cl2F3NO/c16-12-6-5-11(8-13(12)17)21-14(22)7-9-1-3-10(4-2-9)15(18,19)20/h1-6,8H,7H2,(H,21,22). The van der Waals surface area contributed by atoms with Gasteiger partial charge in [0.1, 0.15) is 0 Å². The Hall–Kier alpha value is -1.72. The van der Waals surface area contributed by atoms with Gasteiger partial charge in [-0.15, -0.1) is 0 Å². The smallest absolute Gasteiger partial charge is 0.326 e. The second kappa shape index (κ2) is 6.58. The minimum atomic E-state index is -4.39. The Bertz CT molecular complexity index is 684. The molecule has 2 aromatic rings. The molecule has 0 aliphatic heterocycles. The van der Waals surface area contributed by atoms with Gasteiger partial charge in [0.2, 0.25) is 5.91 Å². The highest BCUT2D eigenvalue weighted by atomic mass is 35.5. The van der Waals surface area contributed by atoms with Crippen LogP contribution in [0.3, 0.4) is 0 Å². The zero-order valence-electron chi connectivity index (χ0n) is 11.0. The number of alkyl halides is 3. The molecular formula is C15H10Cl2F3NO. The van der Waals surface area contributed by atoms with Crippen LogP contribution in [-0.4, -0.2) is 5.91 Å². The van der Waals surface area contributed by atoms with Gasteiger partial charge in [-0.2, -0.15) is 13.2 Å². The molecule has 116 valence electrons. The number of hydrogen-bond donors (Lipinski definition) is 1. The molecule has 2 rings (SSSR count). The quantitative estimate of drug-likeness (QED) is 0.812. The van der Waals surface area contributed by atoms with Crippen molar-refractivity contribution < 1.29 is 18.0 Å². The highest BCUT2D eigenvalue weighted by Gasteiger charge is 2.29. The molecule has 0 aliphatic rings. The summed E-state index contributed by atoms with van der Waals surface area (Å²) in [4.78, 5) is 11.9. The number of carbonyl (C=O) groups is 1. The lowest BCUT2D eigenvalue weighted by Gasteiger charge is -2.08. The number of carbonyl (C=O) groups excluding carboxylic acids is 1. The zero-order valence-corrected chi connectivity index (χ0v) is 12.6. The van der Waals surface area contributed by atoms with Crippen molar-refractivity contribution in [2.24, 2.45) is 0 Å². The van der Waals surface area contributed by atoms with E-state index in [0.717, 1.165) is 12.1 Å². The number of anilines is 1. The molecule has 0 unspecified atom stereocenters. The van der Waals surface area contributed by atoms with Gasteiger partial charge >= 0.3 is 6.18 Å². The maximum absolute atomic E-state index is 12.4. The second-order valence-electron chi connectivity index (χ2n) is 4.55. The summed E-state index contributed by atoms with van der Waals surface area (Å²) in [6.45, 7) is 0. The minimum absolute atomic E-state index is 0.0433. The van der Waals surface area contributed by atoms with Gasteiger partial charge in [-0.1, -0.05) is 35.3 Å². The molecule has 2 aromatic carbocycles. The van der Waals surface area contributed by atoms with E-state index >= 15 is 0 Å². The molecule has 0 radical (unpaired) electrons. The molecular weight excluding hydrogens is 338 g/mol. The van der Waals surface area contributed by atoms with Crippen LogP contribution in [0.15, 0.2) is 42.5 Å². The van der Waals surface area contributed by atoms with Crippen molar-refractivity contribution in [3.05, 3.63) is 63.6 Å². The lowest BCUT2D eigenvalue weighted by Crippen LogP contribution is -2.14. The summed E-state index contributed by atoms with van der Waals surface area (Å²) in [5.41, 5.74) is 0.193. The Morgan fingerprint density at radius 1 is 1.00 bits per heavy atom. The molecule has 1 amide bonds. The Labute approximate surface area is 134 Å². The van der Waals surface area contributed by atoms with E-state index in [-0.39, 0.29) is 12.3 Å². The predicted octanol–water partition coefficient (Wildman–Crippen LogP) is 5.19. The predicted molar refractivity (Wildman–Crippen MR) is 80.2 cm³/mol. The summed E-state index contributed by atoms with van der Waals surface area (Å²) in [5, 5.41) is 3.26. The Balaban J connectivity index is 2.01. The molecule has 0 saturated carbocycles. The maximum atomic E-state index is 12.4. The zero-order chi connectivity index (χ0) is 16.3. The van der Waals surface area contributed by atoms with Gasteiger partial charge in [-0.25, -0.2) is 0 Å². The topological polar surface area (TPSA) is 29.1 Å². The molecule has 0 fully saturated rings. The van der Waals surface area contributed by atoms with Gasteiger partial charge < -0.3 is 5.32 Å². The Kier molecular flexibility index (Phi) is 4.98. The van der Waals surface area contributed by atoms with Crippen molar-refractivity contribution >= 4 is 34.8 Å². The van der Waals surface area contributed by atoms with E-state index in [2.05, 4.69) is 5.32 Å². The first kappa shape index (κ1) is 16.6. The molecule has 1 N–H and O–H groups in total. The molecule has 0 saturated heterocycles. The first-order valence-electron chi connectivity index (χ1n) is 6.17. The van der Waals surface area contributed by atoms with Crippen LogP contribution >= 0.6 is 23.2 Å². The number of amides is 1. The van der Waals surface area contributed by atoms with Crippen LogP contribution in [0.25, 0.3) is 0 Å². The third-order valence-corrected chi connectivity index (χ3v) is 3.59. The summed E-state index contributed by atoms with van der Waals surface area (Å²) in [7, 11) is 0. The fourth-order valence-electron chi connectivity index (χ4n) is 1.78. The van der Waals surface area contributed by atoms with Crippen LogP contribution in [0.2, 0.25) is 10.0 Å². The van der Waals surface area contributed by atoms with Crippen molar-refractivity contribution in [3.63, 3.8) is 0 Å².